The average Bonchev–Trinajstić information content (AvgIpc) is 2.89. The summed E-state index contributed by atoms with van der Waals surface area (Å²) in [6.45, 7) is -1.31. The molecule has 0 N–H and O–H groups in total. The number of rotatable bonds is 10. The highest BCUT2D eigenvalue weighted by Crippen LogP contribution is 2.42. The largest absolute Gasteiger partial charge is 0.429 e. The average molecular weight is 555 g/mol. The van der Waals surface area contributed by atoms with Gasteiger partial charge in [-0.2, -0.15) is 17.6 Å². The predicted molar refractivity (Wildman–Crippen MR) is 134 cm³/mol. The molecule has 1 saturated carbocycles. The number of unbranched alkanes of at least 4 members (excludes halogenated alkanes) is 1. The molecular weight excluding hydrogens is 525 g/mol. The van der Waals surface area contributed by atoms with Crippen molar-refractivity contribution in [2.45, 2.75) is 70.5 Å². The zero-order valence-corrected chi connectivity index (χ0v) is 21.3. The van der Waals surface area contributed by atoms with E-state index in [1.54, 1.807) is 0 Å². The van der Waals surface area contributed by atoms with Crippen LogP contribution >= 0.6 is 0 Å². The first kappa shape index (κ1) is 28.8. The number of hydrogen-bond acceptors (Lipinski definition) is 2. The molecule has 0 heterocycles. The fraction of sp³-hybridized carbons (Fsp3) is 0.400. The van der Waals surface area contributed by atoms with E-state index in [9.17, 15) is 22.0 Å². The summed E-state index contributed by atoms with van der Waals surface area (Å²) in [7, 11) is 0. The highest BCUT2D eigenvalue weighted by atomic mass is 19.3. The molecule has 39 heavy (non-hydrogen) atoms. The number of alkyl halides is 4. The topological polar surface area (TPSA) is 18.5 Å². The monoisotopic (exact) mass is 554 g/mol. The van der Waals surface area contributed by atoms with E-state index in [0.29, 0.717) is 23.6 Å². The van der Waals surface area contributed by atoms with Gasteiger partial charge in [-0.15, -0.1) is 0 Å². The molecule has 0 aromatic heterocycles. The number of ether oxygens (including phenoxy) is 2. The lowest BCUT2D eigenvalue weighted by molar-refractivity contribution is -0.187. The quantitative estimate of drug-likeness (QED) is 0.232. The van der Waals surface area contributed by atoms with Crippen LogP contribution in [-0.2, 0) is 6.11 Å². The van der Waals surface area contributed by atoms with E-state index < -0.39 is 47.2 Å². The van der Waals surface area contributed by atoms with E-state index in [4.69, 9.17) is 4.74 Å². The Hall–Kier alpha value is -3.23. The van der Waals surface area contributed by atoms with Crippen molar-refractivity contribution in [1.29, 1.82) is 0 Å². The molecule has 0 radical (unpaired) electrons. The Bertz CT molecular complexity index is 1250. The molecule has 1 aliphatic rings. The molecule has 0 atom stereocenters. The third kappa shape index (κ3) is 6.86. The van der Waals surface area contributed by atoms with Gasteiger partial charge in [0.25, 0.3) is 0 Å². The van der Waals surface area contributed by atoms with Crippen molar-refractivity contribution in [3.05, 3.63) is 83.2 Å². The molecule has 0 saturated heterocycles. The van der Waals surface area contributed by atoms with Gasteiger partial charge < -0.3 is 9.47 Å². The second kappa shape index (κ2) is 12.3. The molecule has 2 nitrogen and oxygen atoms in total. The highest BCUT2D eigenvalue weighted by molar-refractivity contribution is 5.71. The van der Waals surface area contributed by atoms with Crippen molar-refractivity contribution >= 4 is 0 Å². The van der Waals surface area contributed by atoms with E-state index >= 15 is 8.78 Å². The van der Waals surface area contributed by atoms with E-state index in [2.05, 4.69) is 11.7 Å². The third-order valence-corrected chi connectivity index (χ3v) is 7.23. The molecule has 0 aliphatic heterocycles. The van der Waals surface area contributed by atoms with Crippen molar-refractivity contribution in [2.24, 2.45) is 5.92 Å². The zero-order valence-electron chi connectivity index (χ0n) is 21.3. The minimum atomic E-state index is -4.12. The first-order chi connectivity index (χ1) is 18.6. The number of hydrogen-bond donors (Lipinski definition) is 0. The summed E-state index contributed by atoms with van der Waals surface area (Å²) < 4.78 is 108. The Labute approximate surface area is 222 Å². The van der Waals surface area contributed by atoms with Crippen LogP contribution in [0.4, 0.5) is 30.7 Å². The lowest BCUT2D eigenvalue weighted by Gasteiger charge is -2.29. The molecule has 1 fully saturated rings. The maximum atomic E-state index is 15.2. The van der Waals surface area contributed by atoms with Crippen molar-refractivity contribution in [3.63, 3.8) is 0 Å². The molecule has 0 unspecified atom stereocenters. The maximum absolute atomic E-state index is 15.2. The standard InChI is InChI=1S/C30H29F7O2/c1-2-3-6-18-9-11-19(12-10-18)20-13-14-23(24(31)15-20)30(36,37)39-27-8-5-4-7-22(27)21-16-25(32)28(26(33)17-21)38-29(34)35/h4-5,7-8,13-19,29H,2-3,6,9-12H2,1H3. The molecule has 3 aromatic carbocycles. The van der Waals surface area contributed by atoms with Crippen LogP contribution in [0, 0.1) is 23.4 Å². The van der Waals surface area contributed by atoms with Gasteiger partial charge >= 0.3 is 12.7 Å². The summed E-state index contributed by atoms with van der Waals surface area (Å²) in [6, 6.07) is 10.1. The molecule has 210 valence electrons. The minimum Gasteiger partial charge on any atom is -0.429 e. The second-order valence-electron chi connectivity index (χ2n) is 9.86. The van der Waals surface area contributed by atoms with Crippen LogP contribution in [0.2, 0.25) is 0 Å². The smallest absolute Gasteiger partial charge is 0.429 e. The lowest BCUT2D eigenvalue weighted by Crippen LogP contribution is -2.24. The first-order valence-electron chi connectivity index (χ1n) is 13.0. The highest BCUT2D eigenvalue weighted by Gasteiger charge is 2.39. The first-order valence-corrected chi connectivity index (χ1v) is 13.0. The Kier molecular flexibility index (Phi) is 9.08. The van der Waals surface area contributed by atoms with Gasteiger partial charge in [0.1, 0.15) is 11.6 Å². The third-order valence-electron chi connectivity index (χ3n) is 7.23. The van der Waals surface area contributed by atoms with E-state index in [0.717, 1.165) is 50.3 Å². The Morgan fingerprint density at radius 1 is 0.872 bits per heavy atom. The lowest BCUT2D eigenvalue weighted by atomic mass is 9.77. The van der Waals surface area contributed by atoms with Gasteiger partial charge in [0.05, 0.1) is 5.56 Å². The fourth-order valence-corrected chi connectivity index (χ4v) is 5.20. The minimum absolute atomic E-state index is 0.100. The number of para-hydroxylation sites is 1. The van der Waals surface area contributed by atoms with Crippen molar-refractivity contribution in [1.82, 2.24) is 0 Å². The van der Waals surface area contributed by atoms with Crippen LogP contribution in [0.1, 0.15) is 68.9 Å². The fourth-order valence-electron chi connectivity index (χ4n) is 5.20. The van der Waals surface area contributed by atoms with Gasteiger partial charge in [0.2, 0.25) is 0 Å². The molecule has 0 amide bonds. The van der Waals surface area contributed by atoms with Crippen molar-refractivity contribution in [2.75, 3.05) is 0 Å². The number of halogens is 7. The van der Waals surface area contributed by atoms with E-state index in [-0.39, 0.29) is 17.0 Å². The summed E-state index contributed by atoms with van der Waals surface area (Å²) in [5.74, 6) is -5.05. The van der Waals surface area contributed by atoms with Crippen LogP contribution in [0.15, 0.2) is 54.6 Å². The Morgan fingerprint density at radius 2 is 1.54 bits per heavy atom. The molecule has 9 heteroatoms. The summed E-state index contributed by atoms with van der Waals surface area (Å²) in [4.78, 5) is 0. The maximum Gasteiger partial charge on any atom is 0.429 e. The molecule has 4 rings (SSSR count). The van der Waals surface area contributed by atoms with Crippen LogP contribution in [-0.4, -0.2) is 6.61 Å². The Balaban J connectivity index is 1.54. The van der Waals surface area contributed by atoms with Gasteiger partial charge in [-0.25, -0.2) is 13.2 Å². The summed E-state index contributed by atoms with van der Waals surface area (Å²) >= 11 is 0. The van der Waals surface area contributed by atoms with Crippen molar-refractivity contribution < 1.29 is 40.2 Å². The van der Waals surface area contributed by atoms with Gasteiger partial charge in [-0.1, -0.05) is 50.5 Å². The van der Waals surface area contributed by atoms with Crippen LogP contribution in [0.5, 0.6) is 11.5 Å². The van der Waals surface area contributed by atoms with Crippen molar-refractivity contribution in [3.8, 4) is 22.6 Å². The van der Waals surface area contributed by atoms with E-state index in [1.807, 2.05) is 0 Å². The SMILES string of the molecule is CCCCC1CCC(c2ccc(C(F)(F)Oc3ccccc3-c3cc(F)c(OC(F)F)c(F)c3)c(F)c2)CC1. The van der Waals surface area contributed by atoms with Gasteiger partial charge in [0.15, 0.2) is 17.4 Å². The summed E-state index contributed by atoms with van der Waals surface area (Å²) in [5.41, 5.74) is -0.729. The van der Waals surface area contributed by atoms with E-state index in [1.165, 1.54) is 37.1 Å². The molecule has 0 bridgehead atoms. The zero-order chi connectivity index (χ0) is 28.2. The predicted octanol–water partition coefficient (Wildman–Crippen LogP) is 9.96. The van der Waals surface area contributed by atoms with Gasteiger partial charge in [0, 0.05) is 5.56 Å². The molecule has 3 aromatic rings. The second-order valence-corrected chi connectivity index (χ2v) is 9.86. The van der Waals surface area contributed by atoms with Crippen LogP contribution < -0.4 is 9.47 Å². The van der Waals surface area contributed by atoms with Gasteiger partial charge in [-0.3, -0.25) is 0 Å². The molecule has 0 spiro atoms. The van der Waals surface area contributed by atoms with Gasteiger partial charge in [-0.05, 0) is 79.0 Å². The molecule has 1 aliphatic carbocycles. The Morgan fingerprint density at radius 3 is 2.15 bits per heavy atom. The normalized spacial score (nSPS) is 17.9. The van der Waals surface area contributed by atoms with Crippen LogP contribution in [0.25, 0.3) is 11.1 Å². The summed E-state index contributed by atoms with van der Waals surface area (Å²) in [5, 5.41) is 0. The summed E-state index contributed by atoms with van der Waals surface area (Å²) in [6.07, 6.45) is 3.19. The van der Waals surface area contributed by atoms with Crippen LogP contribution in [0.3, 0.4) is 0 Å². The molecular formula is C30H29F7O2. The number of benzene rings is 3.